The van der Waals surface area contributed by atoms with Crippen molar-refractivity contribution in [2.45, 2.75) is 18.8 Å². The standard InChI is InChI=1S/C15H15F2N3O/c16-11-3-4-13(17)12(8-11)10-2-1-7-20(9-10)15(21)14-5-6-18-19-14/h3-6,8,10H,1-2,7,9H2,(H,18,19)/t10-/m1/s1. The monoisotopic (exact) mass is 291 g/mol. The maximum absolute atomic E-state index is 13.9. The predicted octanol–water partition coefficient (Wildman–Crippen LogP) is 2.71. The van der Waals surface area contributed by atoms with Gasteiger partial charge in [-0.1, -0.05) is 0 Å². The van der Waals surface area contributed by atoms with Crippen LogP contribution in [-0.2, 0) is 0 Å². The van der Waals surface area contributed by atoms with Crippen LogP contribution in [0.3, 0.4) is 0 Å². The van der Waals surface area contributed by atoms with Gasteiger partial charge in [0.15, 0.2) is 0 Å². The predicted molar refractivity (Wildman–Crippen MR) is 72.8 cm³/mol. The van der Waals surface area contributed by atoms with E-state index < -0.39 is 11.6 Å². The van der Waals surface area contributed by atoms with Gasteiger partial charge in [0.25, 0.3) is 5.91 Å². The van der Waals surface area contributed by atoms with Crippen LogP contribution >= 0.6 is 0 Å². The number of carbonyl (C=O) groups excluding carboxylic acids is 1. The minimum atomic E-state index is -0.455. The Labute approximate surface area is 120 Å². The number of aromatic amines is 1. The summed E-state index contributed by atoms with van der Waals surface area (Å²) in [4.78, 5) is 13.9. The lowest BCUT2D eigenvalue weighted by molar-refractivity contribution is 0.0700. The molecule has 0 bridgehead atoms. The minimum Gasteiger partial charge on any atom is -0.337 e. The topological polar surface area (TPSA) is 49.0 Å². The number of piperidine rings is 1. The molecule has 0 spiro atoms. The van der Waals surface area contributed by atoms with Gasteiger partial charge in [-0.25, -0.2) is 8.78 Å². The smallest absolute Gasteiger partial charge is 0.271 e. The summed E-state index contributed by atoms with van der Waals surface area (Å²) in [5.74, 6) is -1.21. The van der Waals surface area contributed by atoms with Gasteiger partial charge in [-0.15, -0.1) is 0 Å². The van der Waals surface area contributed by atoms with E-state index in [0.717, 1.165) is 25.0 Å². The van der Waals surface area contributed by atoms with Gasteiger partial charge >= 0.3 is 0 Å². The van der Waals surface area contributed by atoms with Gasteiger partial charge < -0.3 is 4.90 Å². The Kier molecular flexibility index (Phi) is 3.68. The van der Waals surface area contributed by atoms with E-state index in [2.05, 4.69) is 10.2 Å². The zero-order valence-corrected chi connectivity index (χ0v) is 11.4. The first-order valence-corrected chi connectivity index (χ1v) is 6.89. The summed E-state index contributed by atoms with van der Waals surface area (Å²) in [6, 6.07) is 5.08. The molecule has 3 rings (SSSR count). The molecule has 0 aliphatic carbocycles. The fraction of sp³-hybridized carbons (Fsp3) is 0.333. The molecule has 0 saturated carbocycles. The number of aromatic nitrogens is 2. The fourth-order valence-electron chi connectivity index (χ4n) is 2.79. The van der Waals surface area contributed by atoms with Crippen molar-refractivity contribution in [1.82, 2.24) is 15.1 Å². The number of halogens is 2. The van der Waals surface area contributed by atoms with E-state index in [1.54, 1.807) is 11.0 Å². The molecule has 6 heteroatoms. The molecule has 4 nitrogen and oxygen atoms in total. The second-order valence-electron chi connectivity index (χ2n) is 5.23. The van der Waals surface area contributed by atoms with Crippen LogP contribution in [0.2, 0.25) is 0 Å². The fourth-order valence-corrected chi connectivity index (χ4v) is 2.79. The highest BCUT2D eigenvalue weighted by Gasteiger charge is 2.27. The normalized spacial score (nSPS) is 18.8. The van der Waals surface area contributed by atoms with Crippen LogP contribution in [-0.4, -0.2) is 34.1 Å². The summed E-state index contributed by atoms with van der Waals surface area (Å²) in [6.45, 7) is 1.00. The van der Waals surface area contributed by atoms with Crippen LogP contribution in [0.1, 0.15) is 34.8 Å². The lowest BCUT2D eigenvalue weighted by Gasteiger charge is -2.32. The second kappa shape index (κ2) is 5.63. The lowest BCUT2D eigenvalue weighted by atomic mass is 9.90. The first kappa shape index (κ1) is 13.7. The van der Waals surface area contributed by atoms with E-state index in [4.69, 9.17) is 0 Å². The molecule has 0 unspecified atom stereocenters. The molecule has 1 aromatic carbocycles. The lowest BCUT2D eigenvalue weighted by Crippen LogP contribution is -2.39. The van der Waals surface area contributed by atoms with Gasteiger partial charge in [-0.3, -0.25) is 9.89 Å². The zero-order valence-electron chi connectivity index (χ0n) is 11.4. The maximum Gasteiger partial charge on any atom is 0.271 e. The average molecular weight is 291 g/mol. The number of amides is 1. The van der Waals surface area contributed by atoms with Gasteiger partial charge in [0, 0.05) is 25.2 Å². The van der Waals surface area contributed by atoms with Gasteiger partial charge in [0.1, 0.15) is 17.3 Å². The number of nitrogens with one attached hydrogen (secondary N) is 1. The molecule has 1 saturated heterocycles. The minimum absolute atomic E-state index is 0.158. The van der Waals surface area contributed by atoms with Crippen LogP contribution in [0.15, 0.2) is 30.5 Å². The molecule has 2 aromatic rings. The number of hydrogen-bond acceptors (Lipinski definition) is 2. The molecule has 2 heterocycles. The number of nitrogens with zero attached hydrogens (tertiary/aromatic N) is 2. The highest BCUT2D eigenvalue weighted by Crippen LogP contribution is 2.29. The Balaban J connectivity index is 1.80. The van der Waals surface area contributed by atoms with E-state index in [1.807, 2.05) is 0 Å². The van der Waals surface area contributed by atoms with E-state index in [-0.39, 0.29) is 11.8 Å². The van der Waals surface area contributed by atoms with E-state index in [0.29, 0.717) is 24.3 Å². The molecule has 21 heavy (non-hydrogen) atoms. The van der Waals surface area contributed by atoms with Crippen LogP contribution in [0.5, 0.6) is 0 Å². The first-order valence-electron chi connectivity index (χ1n) is 6.89. The van der Waals surface area contributed by atoms with E-state index >= 15 is 0 Å². The molecule has 1 amide bonds. The van der Waals surface area contributed by atoms with Crippen molar-refractivity contribution in [3.8, 4) is 0 Å². The van der Waals surface area contributed by atoms with Crippen molar-refractivity contribution in [3.05, 3.63) is 53.4 Å². The number of benzene rings is 1. The molecule has 0 radical (unpaired) electrons. The van der Waals surface area contributed by atoms with Gasteiger partial charge in [-0.05, 0) is 42.7 Å². The first-order chi connectivity index (χ1) is 10.1. The highest BCUT2D eigenvalue weighted by molar-refractivity contribution is 5.92. The summed E-state index contributed by atoms with van der Waals surface area (Å²) in [5, 5.41) is 6.39. The Morgan fingerprint density at radius 3 is 2.95 bits per heavy atom. The Hall–Kier alpha value is -2.24. The maximum atomic E-state index is 13.9. The molecule has 1 aromatic heterocycles. The third-order valence-electron chi connectivity index (χ3n) is 3.84. The third-order valence-corrected chi connectivity index (χ3v) is 3.84. The van der Waals surface area contributed by atoms with Crippen LogP contribution in [0, 0.1) is 11.6 Å². The summed E-state index contributed by atoms with van der Waals surface area (Å²) in [7, 11) is 0. The number of H-pyrrole nitrogens is 1. The summed E-state index contributed by atoms with van der Waals surface area (Å²) >= 11 is 0. The second-order valence-corrected chi connectivity index (χ2v) is 5.23. The van der Waals surface area contributed by atoms with Crippen LogP contribution in [0.25, 0.3) is 0 Å². The molecule has 1 fully saturated rings. The molecular weight excluding hydrogens is 276 g/mol. The van der Waals surface area contributed by atoms with E-state index in [9.17, 15) is 13.6 Å². The SMILES string of the molecule is O=C(c1ccn[nH]1)N1CCC[C@@H](c2cc(F)ccc2F)C1. The van der Waals surface area contributed by atoms with Crippen molar-refractivity contribution in [3.63, 3.8) is 0 Å². The molecule has 1 aliphatic heterocycles. The zero-order chi connectivity index (χ0) is 14.8. The summed E-state index contributed by atoms with van der Waals surface area (Å²) < 4.78 is 27.2. The molecular formula is C15H15F2N3O. The number of hydrogen-bond donors (Lipinski definition) is 1. The van der Waals surface area contributed by atoms with Crippen molar-refractivity contribution < 1.29 is 13.6 Å². The third kappa shape index (κ3) is 2.79. The number of carbonyl (C=O) groups is 1. The molecule has 1 N–H and O–H groups in total. The van der Waals surface area contributed by atoms with Gasteiger partial charge in [-0.2, -0.15) is 5.10 Å². The summed E-state index contributed by atoms with van der Waals surface area (Å²) in [6.07, 6.45) is 3.02. The molecule has 110 valence electrons. The molecule has 1 atom stereocenters. The largest absolute Gasteiger partial charge is 0.337 e. The number of likely N-dealkylation sites (tertiary alicyclic amines) is 1. The average Bonchev–Trinajstić information content (AvgIpc) is 3.03. The van der Waals surface area contributed by atoms with Crippen molar-refractivity contribution in [1.29, 1.82) is 0 Å². The number of rotatable bonds is 2. The quantitative estimate of drug-likeness (QED) is 0.925. The van der Waals surface area contributed by atoms with Crippen molar-refractivity contribution in [2.24, 2.45) is 0 Å². The Morgan fingerprint density at radius 1 is 1.33 bits per heavy atom. The van der Waals surface area contributed by atoms with Crippen molar-refractivity contribution in [2.75, 3.05) is 13.1 Å². The molecule has 1 aliphatic rings. The Morgan fingerprint density at radius 2 is 2.19 bits per heavy atom. The van der Waals surface area contributed by atoms with Gasteiger partial charge in [0.05, 0.1) is 0 Å². The van der Waals surface area contributed by atoms with Gasteiger partial charge in [0.2, 0.25) is 0 Å². The van der Waals surface area contributed by atoms with Crippen molar-refractivity contribution >= 4 is 5.91 Å². The van der Waals surface area contributed by atoms with E-state index in [1.165, 1.54) is 12.3 Å². The highest BCUT2D eigenvalue weighted by atomic mass is 19.1. The van der Waals surface area contributed by atoms with Crippen LogP contribution < -0.4 is 0 Å². The summed E-state index contributed by atoms with van der Waals surface area (Å²) in [5.41, 5.74) is 0.757. The Bertz CT molecular complexity index is 642. The van der Waals surface area contributed by atoms with Crippen LogP contribution in [0.4, 0.5) is 8.78 Å².